The number of aryl methyl sites for hydroxylation is 2. The van der Waals surface area contributed by atoms with E-state index in [4.69, 9.17) is 13.6 Å². The van der Waals surface area contributed by atoms with Crippen molar-refractivity contribution < 1.29 is 18.4 Å². The largest absolute Gasteiger partial charge is 0.451 e. The first-order chi connectivity index (χ1) is 11.6. The van der Waals surface area contributed by atoms with E-state index in [2.05, 4.69) is 10.2 Å². The number of nitrogens with zero attached hydrogens (tertiary/aromatic N) is 3. The molecule has 0 spiro atoms. The minimum atomic E-state index is -0.409. The predicted octanol–water partition coefficient (Wildman–Crippen LogP) is 2.65. The van der Waals surface area contributed by atoms with Crippen LogP contribution in [0.15, 0.2) is 33.1 Å². The van der Waals surface area contributed by atoms with Crippen molar-refractivity contribution in [3.63, 3.8) is 0 Å². The Labute approximate surface area is 138 Å². The van der Waals surface area contributed by atoms with Crippen LogP contribution in [0.3, 0.4) is 0 Å². The summed E-state index contributed by atoms with van der Waals surface area (Å²) in [6.45, 7) is 4.89. The zero-order valence-corrected chi connectivity index (χ0v) is 13.5. The smallest absolute Gasteiger partial charge is 0.290 e. The Kier molecular flexibility index (Phi) is 3.57. The Morgan fingerprint density at radius 1 is 1.21 bits per heavy atom. The Morgan fingerprint density at radius 3 is 2.79 bits per heavy atom. The fourth-order valence-electron chi connectivity index (χ4n) is 2.95. The second kappa shape index (κ2) is 5.76. The monoisotopic (exact) mass is 327 g/mol. The van der Waals surface area contributed by atoms with Gasteiger partial charge in [-0.05, 0) is 13.0 Å². The first-order valence-corrected chi connectivity index (χ1v) is 7.82. The molecule has 4 rings (SSSR count). The van der Waals surface area contributed by atoms with Gasteiger partial charge >= 0.3 is 0 Å². The fourth-order valence-corrected chi connectivity index (χ4v) is 2.95. The molecule has 1 saturated heterocycles. The lowest BCUT2D eigenvalue weighted by atomic mass is 10.1. The van der Waals surface area contributed by atoms with E-state index in [0.717, 1.165) is 16.5 Å². The van der Waals surface area contributed by atoms with Crippen LogP contribution < -0.4 is 0 Å². The van der Waals surface area contributed by atoms with Gasteiger partial charge in [-0.1, -0.05) is 18.2 Å². The SMILES string of the molecule is Cc1nnc([C@@H]2CN(C(=O)c3oc4ccccc4c3C)CCO2)o1. The van der Waals surface area contributed by atoms with Crippen LogP contribution in [-0.4, -0.2) is 40.7 Å². The van der Waals surface area contributed by atoms with Crippen LogP contribution >= 0.6 is 0 Å². The molecule has 0 bridgehead atoms. The molecule has 24 heavy (non-hydrogen) atoms. The van der Waals surface area contributed by atoms with Crippen LogP contribution in [0.2, 0.25) is 0 Å². The minimum Gasteiger partial charge on any atom is -0.451 e. The first-order valence-electron chi connectivity index (χ1n) is 7.82. The highest BCUT2D eigenvalue weighted by molar-refractivity contribution is 5.98. The molecule has 1 fully saturated rings. The minimum absolute atomic E-state index is 0.145. The summed E-state index contributed by atoms with van der Waals surface area (Å²) in [7, 11) is 0. The van der Waals surface area contributed by atoms with Crippen LogP contribution in [0.25, 0.3) is 11.0 Å². The highest BCUT2D eigenvalue weighted by atomic mass is 16.5. The second-order valence-corrected chi connectivity index (χ2v) is 5.82. The summed E-state index contributed by atoms with van der Waals surface area (Å²) >= 11 is 0. The van der Waals surface area contributed by atoms with Crippen LogP contribution in [-0.2, 0) is 4.74 Å². The third-order valence-electron chi connectivity index (χ3n) is 4.21. The molecule has 0 radical (unpaired) electrons. The molecule has 1 aromatic carbocycles. The van der Waals surface area contributed by atoms with Crippen LogP contribution in [0, 0.1) is 13.8 Å². The van der Waals surface area contributed by atoms with E-state index in [0.29, 0.717) is 37.2 Å². The quantitative estimate of drug-likeness (QED) is 0.720. The normalized spacial score (nSPS) is 18.2. The zero-order chi connectivity index (χ0) is 16.7. The third kappa shape index (κ3) is 2.46. The number of hydrogen-bond acceptors (Lipinski definition) is 6. The van der Waals surface area contributed by atoms with Crippen molar-refractivity contribution in [2.75, 3.05) is 19.7 Å². The molecule has 0 N–H and O–H groups in total. The average molecular weight is 327 g/mol. The molecule has 0 saturated carbocycles. The van der Waals surface area contributed by atoms with Gasteiger partial charge in [0.25, 0.3) is 5.91 Å². The highest BCUT2D eigenvalue weighted by Crippen LogP contribution is 2.28. The number of morpholine rings is 1. The van der Waals surface area contributed by atoms with Crippen molar-refractivity contribution in [3.8, 4) is 0 Å². The Balaban J connectivity index is 1.60. The van der Waals surface area contributed by atoms with Crippen molar-refractivity contribution >= 4 is 16.9 Å². The molecule has 3 heterocycles. The Hall–Kier alpha value is -2.67. The molecular weight excluding hydrogens is 310 g/mol. The van der Waals surface area contributed by atoms with Crippen molar-refractivity contribution in [1.82, 2.24) is 15.1 Å². The average Bonchev–Trinajstić information content (AvgIpc) is 3.19. The predicted molar refractivity (Wildman–Crippen MR) is 84.6 cm³/mol. The van der Waals surface area contributed by atoms with Gasteiger partial charge < -0.3 is 18.5 Å². The lowest BCUT2D eigenvalue weighted by molar-refractivity contribution is -0.0357. The summed E-state index contributed by atoms with van der Waals surface area (Å²) in [5.74, 6) is 1.10. The highest BCUT2D eigenvalue weighted by Gasteiger charge is 2.31. The maximum absolute atomic E-state index is 12.9. The maximum Gasteiger partial charge on any atom is 0.290 e. The van der Waals surface area contributed by atoms with E-state index < -0.39 is 6.10 Å². The number of rotatable bonds is 2. The molecule has 7 heteroatoms. The van der Waals surface area contributed by atoms with Gasteiger partial charge in [-0.2, -0.15) is 0 Å². The summed E-state index contributed by atoms with van der Waals surface area (Å²) in [5, 5.41) is 8.76. The number of carbonyl (C=O) groups is 1. The van der Waals surface area contributed by atoms with E-state index in [1.165, 1.54) is 0 Å². The lowest BCUT2D eigenvalue weighted by Crippen LogP contribution is -2.42. The topological polar surface area (TPSA) is 81.6 Å². The van der Waals surface area contributed by atoms with E-state index in [1.807, 2.05) is 31.2 Å². The van der Waals surface area contributed by atoms with Gasteiger partial charge in [0.2, 0.25) is 11.8 Å². The molecule has 1 aliphatic rings. The number of benzene rings is 1. The molecule has 1 atom stereocenters. The maximum atomic E-state index is 12.9. The van der Waals surface area contributed by atoms with Crippen molar-refractivity contribution in [1.29, 1.82) is 0 Å². The van der Waals surface area contributed by atoms with Crippen molar-refractivity contribution in [3.05, 3.63) is 47.4 Å². The Bertz CT molecular complexity index is 898. The molecule has 0 aliphatic carbocycles. The molecule has 1 amide bonds. The fraction of sp³-hybridized carbons (Fsp3) is 0.353. The number of para-hydroxylation sites is 1. The van der Waals surface area contributed by atoms with Gasteiger partial charge in [0, 0.05) is 24.4 Å². The number of aromatic nitrogens is 2. The molecule has 124 valence electrons. The number of furan rings is 1. The molecule has 2 aromatic heterocycles. The van der Waals surface area contributed by atoms with E-state index >= 15 is 0 Å². The van der Waals surface area contributed by atoms with Gasteiger partial charge in [-0.25, -0.2) is 0 Å². The van der Waals surface area contributed by atoms with E-state index in [-0.39, 0.29) is 5.91 Å². The number of ether oxygens (including phenoxy) is 1. The van der Waals surface area contributed by atoms with Gasteiger partial charge in [-0.15, -0.1) is 10.2 Å². The first kappa shape index (κ1) is 14.9. The number of hydrogen-bond donors (Lipinski definition) is 0. The number of fused-ring (bicyclic) bond motifs is 1. The van der Waals surface area contributed by atoms with Gasteiger partial charge in [0.1, 0.15) is 5.58 Å². The number of carbonyl (C=O) groups excluding carboxylic acids is 1. The van der Waals surface area contributed by atoms with Crippen molar-refractivity contribution in [2.45, 2.75) is 20.0 Å². The molecule has 0 unspecified atom stereocenters. The summed E-state index contributed by atoms with van der Waals surface area (Å²) in [4.78, 5) is 14.6. The standard InChI is InChI=1S/C17H17N3O4/c1-10-12-5-3-4-6-13(12)24-15(10)17(21)20-7-8-22-14(9-20)16-19-18-11(2)23-16/h3-6,14H,7-9H2,1-2H3/t14-/m0/s1. The van der Waals surface area contributed by atoms with E-state index in [1.54, 1.807) is 11.8 Å². The van der Waals surface area contributed by atoms with Gasteiger partial charge in [0.05, 0.1) is 13.2 Å². The Morgan fingerprint density at radius 2 is 2.04 bits per heavy atom. The van der Waals surface area contributed by atoms with Crippen LogP contribution in [0.5, 0.6) is 0 Å². The summed E-state index contributed by atoms with van der Waals surface area (Å²) < 4.78 is 16.9. The van der Waals surface area contributed by atoms with Gasteiger partial charge in [-0.3, -0.25) is 4.79 Å². The summed E-state index contributed by atoms with van der Waals surface area (Å²) in [6, 6.07) is 7.64. The molecular formula is C17H17N3O4. The van der Waals surface area contributed by atoms with Crippen LogP contribution in [0.1, 0.15) is 34.0 Å². The van der Waals surface area contributed by atoms with E-state index in [9.17, 15) is 4.79 Å². The van der Waals surface area contributed by atoms with Gasteiger partial charge in [0.15, 0.2) is 11.9 Å². The summed E-state index contributed by atoms with van der Waals surface area (Å²) in [5.41, 5.74) is 1.57. The lowest BCUT2D eigenvalue weighted by Gasteiger charge is -2.30. The molecule has 1 aliphatic heterocycles. The zero-order valence-electron chi connectivity index (χ0n) is 13.5. The third-order valence-corrected chi connectivity index (χ3v) is 4.21. The number of amides is 1. The second-order valence-electron chi connectivity index (χ2n) is 5.82. The van der Waals surface area contributed by atoms with Crippen LogP contribution in [0.4, 0.5) is 0 Å². The molecule has 3 aromatic rings. The van der Waals surface area contributed by atoms with Crippen molar-refractivity contribution in [2.24, 2.45) is 0 Å². The summed E-state index contributed by atoms with van der Waals surface area (Å²) in [6.07, 6.45) is -0.409. The molecule has 7 nitrogen and oxygen atoms in total.